The summed E-state index contributed by atoms with van der Waals surface area (Å²) in [6.07, 6.45) is 11.0. The highest BCUT2D eigenvalue weighted by Gasteiger charge is 2.15. The number of esters is 1. The number of carbonyl (C=O) groups excluding carboxylic acids is 1. The van der Waals surface area contributed by atoms with E-state index in [0.29, 0.717) is 30.5 Å². The van der Waals surface area contributed by atoms with Gasteiger partial charge >= 0.3 is 5.97 Å². The molecule has 2 aromatic rings. The first-order chi connectivity index (χ1) is 14.6. The molecule has 0 spiro atoms. The van der Waals surface area contributed by atoms with E-state index >= 15 is 0 Å². The first-order valence-corrected chi connectivity index (χ1v) is 11.0. The van der Waals surface area contributed by atoms with Gasteiger partial charge in [0.15, 0.2) is 17.7 Å². The van der Waals surface area contributed by atoms with Crippen molar-refractivity contribution in [1.29, 1.82) is 0 Å². The Bertz CT molecular complexity index is 732. The van der Waals surface area contributed by atoms with Crippen LogP contribution < -0.4 is 9.47 Å². The summed E-state index contributed by atoms with van der Waals surface area (Å²) in [4.78, 5) is 20.8. The van der Waals surface area contributed by atoms with E-state index in [2.05, 4.69) is 16.9 Å². The molecule has 1 atom stereocenters. The Kier molecular flexibility index (Phi) is 10.9. The third-order valence-corrected chi connectivity index (χ3v) is 4.63. The molecule has 0 amide bonds. The van der Waals surface area contributed by atoms with Gasteiger partial charge in [-0.05, 0) is 44.0 Å². The molecule has 0 fully saturated rings. The van der Waals surface area contributed by atoms with Crippen LogP contribution in [0, 0.1) is 0 Å². The number of unbranched alkanes of at least 4 members (excludes halogenated alkanes) is 5. The van der Waals surface area contributed by atoms with Crippen LogP contribution in [0.1, 0.15) is 65.7 Å². The SMILES string of the molecule is CCCCCCCCOc1cnc(-c2ccc(OC(=O)C(C)OCCC)cc2)nc1. The number of hydrogen-bond acceptors (Lipinski definition) is 6. The van der Waals surface area contributed by atoms with Crippen LogP contribution in [-0.4, -0.2) is 35.3 Å². The van der Waals surface area contributed by atoms with Gasteiger partial charge in [0.05, 0.1) is 19.0 Å². The minimum absolute atomic E-state index is 0.403. The van der Waals surface area contributed by atoms with Crippen molar-refractivity contribution in [2.75, 3.05) is 13.2 Å². The van der Waals surface area contributed by atoms with Crippen molar-refractivity contribution in [3.63, 3.8) is 0 Å². The lowest BCUT2D eigenvalue weighted by molar-refractivity contribution is -0.146. The molecule has 0 N–H and O–H groups in total. The lowest BCUT2D eigenvalue weighted by Gasteiger charge is -2.12. The zero-order valence-electron chi connectivity index (χ0n) is 18.4. The van der Waals surface area contributed by atoms with Gasteiger partial charge in [0.1, 0.15) is 5.75 Å². The van der Waals surface area contributed by atoms with E-state index in [4.69, 9.17) is 14.2 Å². The number of carbonyl (C=O) groups is 1. The molecule has 0 bridgehead atoms. The fraction of sp³-hybridized carbons (Fsp3) is 0.542. The van der Waals surface area contributed by atoms with Crippen molar-refractivity contribution in [3.8, 4) is 22.9 Å². The van der Waals surface area contributed by atoms with Gasteiger partial charge < -0.3 is 14.2 Å². The molecule has 1 heterocycles. The fourth-order valence-electron chi connectivity index (χ4n) is 2.85. The maximum atomic E-state index is 12.0. The Morgan fingerprint density at radius 3 is 2.20 bits per heavy atom. The minimum Gasteiger partial charge on any atom is -0.490 e. The summed E-state index contributed by atoms with van der Waals surface area (Å²) in [5, 5.41) is 0. The van der Waals surface area contributed by atoms with Crippen LogP contribution in [-0.2, 0) is 9.53 Å². The summed E-state index contributed by atoms with van der Waals surface area (Å²) in [6.45, 7) is 7.13. The first-order valence-electron chi connectivity index (χ1n) is 11.0. The molecule has 1 unspecified atom stereocenters. The third kappa shape index (κ3) is 8.49. The van der Waals surface area contributed by atoms with Crippen molar-refractivity contribution in [1.82, 2.24) is 9.97 Å². The molecule has 0 aliphatic heterocycles. The predicted octanol–water partition coefficient (Wildman–Crippen LogP) is 5.60. The summed E-state index contributed by atoms with van der Waals surface area (Å²) in [5.41, 5.74) is 0.840. The molecule has 164 valence electrons. The van der Waals surface area contributed by atoms with E-state index in [9.17, 15) is 4.79 Å². The second kappa shape index (κ2) is 13.7. The van der Waals surface area contributed by atoms with Crippen LogP contribution in [0.25, 0.3) is 11.4 Å². The second-order valence-corrected chi connectivity index (χ2v) is 7.32. The monoisotopic (exact) mass is 414 g/mol. The normalized spacial score (nSPS) is 11.8. The summed E-state index contributed by atoms with van der Waals surface area (Å²) in [7, 11) is 0. The standard InChI is InChI=1S/C24H34N2O4/c1-4-6-7-8-9-10-16-29-22-17-25-23(26-18-22)20-11-13-21(14-12-20)30-24(27)19(3)28-15-5-2/h11-14,17-19H,4-10,15-16H2,1-3H3. The van der Waals surface area contributed by atoms with Gasteiger partial charge in [-0.25, -0.2) is 14.8 Å². The molecule has 0 aliphatic carbocycles. The lowest BCUT2D eigenvalue weighted by Crippen LogP contribution is -2.26. The molecule has 6 nitrogen and oxygen atoms in total. The van der Waals surface area contributed by atoms with Gasteiger partial charge in [0.2, 0.25) is 0 Å². The molecule has 0 radical (unpaired) electrons. The number of benzene rings is 1. The topological polar surface area (TPSA) is 70.5 Å². The first kappa shape index (κ1) is 23.8. The highest BCUT2D eigenvalue weighted by atomic mass is 16.6. The van der Waals surface area contributed by atoms with Crippen LogP contribution >= 0.6 is 0 Å². The molecule has 6 heteroatoms. The van der Waals surface area contributed by atoms with Gasteiger partial charge in [-0.1, -0.05) is 46.0 Å². The summed E-state index contributed by atoms with van der Waals surface area (Å²) in [5.74, 6) is 1.34. The third-order valence-electron chi connectivity index (χ3n) is 4.63. The minimum atomic E-state index is -0.586. The predicted molar refractivity (Wildman–Crippen MR) is 118 cm³/mol. The molecule has 0 saturated heterocycles. The fourth-order valence-corrected chi connectivity index (χ4v) is 2.85. The quantitative estimate of drug-likeness (QED) is 0.227. The number of rotatable bonds is 14. The summed E-state index contributed by atoms with van der Waals surface area (Å²) < 4.78 is 16.4. The van der Waals surface area contributed by atoms with Crippen molar-refractivity contribution in [3.05, 3.63) is 36.7 Å². The largest absolute Gasteiger partial charge is 0.490 e. The van der Waals surface area contributed by atoms with E-state index in [-0.39, 0.29) is 0 Å². The highest BCUT2D eigenvalue weighted by Crippen LogP contribution is 2.21. The van der Waals surface area contributed by atoms with Crippen LogP contribution in [0.3, 0.4) is 0 Å². The maximum absolute atomic E-state index is 12.0. The Morgan fingerprint density at radius 2 is 1.53 bits per heavy atom. The average molecular weight is 415 g/mol. The zero-order chi connectivity index (χ0) is 21.6. The van der Waals surface area contributed by atoms with Gasteiger partial charge in [-0.3, -0.25) is 0 Å². The van der Waals surface area contributed by atoms with E-state index in [0.717, 1.165) is 18.4 Å². The Balaban J connectivity index is 1.78. The Hall–Kier alpha value is -2.47. The zero-order valence-corrected chi connectivity index (χ0v) is 18.4. The summed E-state index contributed by atoms with van der Waals surface area (Å²) in [6, 6.07) is 7.11. The van der Waals surface area contributed by atoms with Crippen LogP contribution in [0.4, 0.5) is 0 Å². The van der Waals surface area contributed by atoms with Gasteiger partial charge in [0.25, 0.3) is 0 Å². The molecule has 0 saturated carbocycles. The molecule has 30 heavy (non-hydrogen) atoms. The Labute approximate surface area is 180 Å². The van der Waals surface area contributed by atoms with Crippen LogP contribution in [0.15, 0.2) is 36.7 Å². The number of ether oxygens (including phenoxy) is 3. The van der Waals surface area contributed by atoms with Crippen molar-refractivity contribution >= 4 is 5.97 Å². The summed E-state index contributed by atoms with van der Waals surface area (Å²) >= 11 is 0. The lowest BCUT2D eigenvalue weighted by atomic mass is 10.1. The maximum Gasteiger partial charge on any atom is 0.340 e. The van der Waals surface area contributed by atoms with Crippen LogP contribution in [0.5, 0.6) is 11.5 Å². The number of hydrogen-bond donors (Lipinski definition) is 0. The molecule has 1 aromatic heterocycles. The van der Waals surface area contributed by atoms with Gasteiger partial charge in [0, 0.05) is 12.2 Å². The molecule has 2 rings (SSSR count). The Morgan fingerprint density at radius 1 is 0.867 bits per heavy atom. The smallest absolute Gasteiger partial charge is 0.340 e. The van der Waals surface area contributed by atoms with Gasteiger partial charge in [-0.2, -0.15) is 0 Å². The van der Waals surface area contributed by atoms with Crippen molar-refractivity contribution < 1.29 is 19.0 Å². The van der Waals surface area contributed by atoms with E-state index in [1.807, 2.05) is 19.1 Å². The van der Waals surface area contributed by atoms with Gasteiger partial charge in [-0.15, -0.1) is 0 Å². The van der Waals surface area contributed by atoms with Crippen molar-refractivity contribution in [2.24, 2.45) is 0 Å². The van der Waals surface area contributed by atoms with E-state index in [1.54, 1.807) is 31.5 Å². The molecular formula is C24H34N2O4. The molecule has 0 aliphatic rings. The van der Waals surface area contributed by atoms with E-state index < -0.39 is 12.1 Å². The average Bonchev–Trinajstić information content (AvgIpc) is 2.77. The van der Waals surface area contributed by atoms with Crippen molar-refractivity contribution in [2.45, 2.75) is 71.8 Å². The second-order valence-electron chi connectivity index (χ2n) is 7.32. The number of aromatic nitrogens is 2. The molecule has 1 aromatic carbocycles. The number of nitrogens with zero attached hydrogens (tertiary/aromatic N) is 2. The van der Waals surface area contributed by atoms with Crippen LogP contribution in [0.2, 0.25) is 0 Å². The molecular weight excluding hydrogens is 380 g/mol. The highest BCUT2D eigenvalue weighted by molar-refractivity contribution is 5.77. The van der Waals surface area contributed by atoms with E-state index in [1.165, 1.54) is 32.1 Å².